The molecule has 1 heterocycles. The molecule has 1 spiro atoms. The van der Waals surface area contributed by atoms with Crippen LogP contribution in [0.1, 0.15) is 79.1 Å². The number of ether oxygens (including phenoxy) is 4. The third-order valence-electron chi connectivity index (χ3n) is 10.5. The number of hydrogen-bond acceptors (Lipinski definition) is 8. The van der Waals surface area contributed by atoms with Crippen molar-refractivity contribution in [3.63, 3.8) is 0 Å². The lowest BCUT2D eigenvalue weighted by atomic mass is 9.44. The Morgan fingerprint density at radius 3 is 2.36 bits per heavy atom. The molecule has 198 valence electrons. The standard InChI is InChI=1S/C28H38O8/c1-15(29)34-18-6-9-26(3)17(12-18)13-19(25(32)33-5)23-20-7-10-28(11-8-22(31)36-28)27(20,4)14-21(24(23)26)35-16(2)30/h13,18-21,23-24H,6-12,14H2,1-5H3/t18-,19+,20?,21+,23?,24?,26?,27?,28+/m0/s1. The van der Waals surface area contributed by atoms with Crippen LogP contribution in [0.3, 0.4) is 0 Å². The van der Waals surface area contributed by atoms with Gasteiger partial charge < -0.3 is 18.9 Å². The van der Waals surface area contributed by atoms with E-state index < -0.39 is 23.0 Å². The first-order valence-corrected chi connectivity index (χ1v) is 13.3. The lowest BCUT2D eigenvalue weighted by Gasteiger charge is -2.62. The van der Waals surface area contributed by atoms with Crippen LogP contribution in [-0.2, 0) is 38.1 Å². The van der Waals surface area contributed by atoms with Crippen molar-refractivity contribution < 1.29 is 38.1 Å². The van der Waals surface area contributed by atoms with E-state index in [1.54, 1.807) is 0 Å². The molecule has 0 bridgehead atoms. The molecule has 8 nitrogen and oxygen atoms in total. The minimum Gasteiger partial charge on any atom is -0.469 e. The van der Waals surface area contributed by atoms with Gasteiger partial charge in [-0.3, -0.25) is 19.2 Å². The Hall–Kier alpha value is -2.38. The minimum atomic E-state index is -0.587. The monoisotopic (exact) mass is 502 g/mol. The van der Waals surface area contributed by atoms with Crippen LogP contribution in [0.5, 0.6) is 0 Å². The van der Waals surface area contributed by atoms with Gasteiger partial charge >= 0.3 is 23.9 Å². The molecule has 5 unspecified atom stereocenters. The summed E-state index contributed by atoms with van der Waals surface area (Å²) in [6, 6.07) is 0. The summed E-state index contributed by atoms with van der Waals surface area (Å²) in [6.45, 7) is 7.23. The second-order valence-electron chi connectivity index (χ2n) is 12.1. The highest BCUT2D eigenvalue weighted by molar-refractivity contribution is 5.76. The molecule has 0 aromatic rings. The average molecular weight is 503 g/mol. The van der Waals surface area contributed by atoms with Crippen LogP contribution in [0.15, 0.2) is 11.6 Å². The van der Waals surface area contributed by atoms with Crippen molar-refractivity contribution in [1.29, 1.82) is 0 Å². The third-order valence-corrected chi connectivity index (χ3v) is 10.5. The number of methoxy groups -OCH3 is 1. The van der Waals surface area contributed by atoms with Crippen LogP contribution in [0.2, 0.25) is 0 Å². The van der Waals surface area contributed by atoms with E-state index in [4.69, 9.17) is 18.9 Å². The highest BCUT2D eigenvalue weighted by Crippen LogP contribution is 2.70. The maximum absolute atomic E-state index is 13.3. The van der Waals surface area contributed by atoms with E-state index in [0.717, 1.165) is 31.3 Å². The molecule has 5 aliphatic rings. The van der Waals surface area contributed by atoms with E-state index >= 15 is 0 Å². The van der Waals surface area contributed by atoms with E-state index in [1.807, 2.05) is 0 Å². The van der Waals surface area contributed by atoms with Gasteiger partial charge in [-0.15, -0.1) is 0 Å². The quantitative estimate of drug-likeness (QED) is 0.325. The molecule has 0 aromatic heterocycles. The number of hydrogen-bond donors (Lipinski definition) is 0. The summed E-state index contributed by atoms with van der Waals surface area (Å²) >= 11 is 0. The zero-order valence-electron chi connectivity index (χ0n) is 22.0. The van der Waals surface area contributed by atoms with Crippen molar-refractivity contribution in [2.45, 2.75) is 96.9 Å². The first-order valence-electron chi connectivity index (χ1n) is 13.3. The topological polar surface area (TPSA) is 105 Å². The molecule has 0 radical (unpaired) electrons. The Bertz CT molecular complexity index is 1020. The number of carbonyl (C=O) groups is 4. The van der Waals surface area contributed by atoms with Gasteiger partial charge in [0.05, 0.1) is 13.0 Å². The summed E-state index contributed by atoms with van der Waals surface area (Å²) in [7, 11) is 1.41. The molecule has 9 atom stereocenters. The maximum atomic E-state index is 13.3. The van der Waals surface area contributed by atoms with Crippen LogP contribution >= 0.6 is 0 Å². The molecule has 4 aliphatic carbocycles. The lowest BCUT2D eigenvalue weighted by Crippen LogP contribution is -2.62. The maximum Gasteiger partial charge on any atom is 0.312 e. The highest BCUT2D eigenvalue weighted by Gasteiger charge is 2.71. The Balaban J connectivity index is 1.62. The predicted octanol–water partition coefficient (Wildman–Crippen LogP) is 3.90. The van der Waals surface area contributed by atoms with Crippen molar-refractivity contribution >= 4 is 23.9 Å². The Morgan fingerprint density at radius 2 is 1.75 bits per heavy atom. The lowest BCUT2D eigenvalue weighted by molar-refractivity contribution is -0.204. The van der Waals surface area contributed by atoms with E-state index in [0.29, 0.717) is 25.7 Å². The molecule has 0 aromatic carbocycles. The number of fused-ring (bicyclic) bond motifs is 6. The fraction of sp³-hybridized carbons (Fsp3) is 0.786. The van der Waals surface area contributed by atoms with Gasteiger partial charge in [0, 0.05) is 38.0 Å². The molecular weight excluding hydrogens is 464 g/mol. The van der Waals surface area contributed by atoms with Crippen LogP contribution in [0, 0.1) is 34.5 Å². The van der Waals surface area contributed by atoms with Gasteiger partial charge in [-0.05, 0) is 55.8 Å². The molecule has 0 N–H and O–H groups in total. The van der Waals surface area contributed by atoms with E-state index in [-0.39, 0.29) is 53.1 Å². The smallest absolute Gasteiger partial charge is 0.312 e. The van der Waals surface area contributed by atoms with Crippen LogP contribution in [0.4, 0.5) is 0 Å². The van der Waals surface area contributed by atoms with Crippen LogP contribution in [0.25, 0.3) is 0 Å². The highest BCUT2D eigenvalue weighted by atomic mass is 16.6. The SMILES string of the molecule is COC(=O)[C@@H]1C=C2C[C@@H](OC(C)=O)CCC2(C)C2C1C1CC[C@@]3(CCC(=O)O3)C1(C)C[C@H]2OC(C)=O. The summed E-state index contributed by atoms with van der Waals surface area (Å²) in [5.74, 6) is -1.72. The molecule has 4 fully saturated rings. The largest absolute Gasteiger partial charge is 0.469 e. The van der Waals surface area contributed by atoms with Gasteiger partial charge in [-0.25, -0.2) is 0 Å². The molecule has 0 amide bonds. The van der Waals surface area contributed by atoms with Gasteiger partial charge in [0.15, 0.2) is 0 Å². The zero-order valence-corrected chi connectivity index (χ0v) is 22.0. The van der Waals surface area contributed by atoms with Crippen molar-refractivity contribution in [3.8, 4) is 0 Å². The Morgan fingerprint density at radius 1 is 1.03 bits per heavy atom. The second-order valence-corrected chi connectivity index (χ2v) is 12.1. The molecule has 1 aliphatic heterocycles. The van der Waals surface area contributed by atoms with E-state index in [9.17, 15) is 19.2 Å². The van der Waals surface area contributed by atoms with Crippen molar-refractivity contribution in [1.82, 2.24) is 0 Å². The Labute approximate surface area is 212 Å². The normalized spacial score (nSPS) is 45.0. The Kier molecular flexibility index (Phi) is 6.03. The fourth-order valence-electron chi connectivity index (χ4n) is 9.03. The third kappa shape index (κ3) is 3.61. The summed E-state index contributed by atoms with van der Waals surface area (Å²) < 4.78 is 23.0. The molecular formula is C28H38O8. The molecule has 5 rings (SSSR count). The van der Waals surface area contributed by atoms with E-state index in [1.165, 1.54) is 21.0 Å². The van der Waals surface area contributed by atoms with E-state index in [2.05, 4.69) is 19.9 Å². The van der Waals surface area contributed by atoms with Crippen molar-refractivity contribution in [3.05, 3.63) is 11.6 Å². The van der Waals surface area contributed by atoms with Crippen molar-refractivity contribution in [2.75, 3.05) is 7.11 Å². The minimum absolute atomic E-state index is 0.0888. The fourth-order valence-corrected chi connectivity index (χ4v) is 9.03. The molecule has 8 heteroatoms. The molecule has 3 saturated carbocycles. The predicted molar refractivity (Wildman–Crippen MR) is 127 cm³/mol. The first-order chi connectivity index (χ1) is 16.9. The second kappa shape index (κ2) is 8.59. The van der Waals surface area contributed by atoms with Gasteiger partial charge in [-0.1, -0.05) is 25.5 Å². The van der Waals surface area contributed by atoms with Crippen LogP contribution in [-0.4, -0.2) is 48.8 Å². The molecule has 36 heavy (non-hydrogen) atoms. The van der Waals surface area contributed by atoms with Crippen molar-refractivity contribution in [2.24, 2.45) is 34.5 Å². The number of rotatable bonds is 3. The first kappa shape index (κ1) is 25.3. The number of esters is 4. The van der Waals surface area contributed by atoms with Gasteiger partial charge in [0.25, 0.3) is 0 Å². The summed E-state index contributed by atoms with van der Waals surface area (Å²) in [5, 5.41) is 0. The molecule has 1 saturated heterocycles. The summed E-state index contributed by atoms with van der Waals surface area (Å²) in [5.41, 5.74) is -0.229. The average Bonchev–Trinajstić information content (AvgIpc) is 3.31. The zero-order chi connectivity index (χ0) is 26.0. The summed E-state index contributed by atoms with van der Waals surface area (Å²) in [4.78, 5) is 49.7. The number of carbonyl (C=O) groups excluding carboxylic acids is 4. The van der Waals surface area contributed by atoms with Crippen LogP contribution < -0.4 is 0 Å². The van der Waals surface area contributed by atoms with Gasteiger partial charge in [0.2, 0.25) is 0 Å². The van der Waals surface area contributed by atoms with Gasteiger partial charge in [-0.2, -0.15) is 0 Å². The van der Waals surface area contributed by atoms with Gasteiger partial charge in [0.1, 0.15) is 17.8 Å². The summed E-state index contributed by atoms with van der Waals surface area (Å²) in [6.07, 6.45) is 6.71.